The maximum Gasteiger partial charge on any atom is 0.147 e. The van der Waals surface area contributed by atoms with E-state index in [1.165, 1.54) is 6.92 Å². The van der Waals surface area contributed by atoms with Gasteiger partial charge in [-0.3, -0.25) is 4.79 Å². The van der Waals surface area contributed by atoms with E-state index in [1.54, 1.807) is 21.6 Å². The summed E-state index contributed by atoms with van der Waals surface area (Å²) in [4.78, 5) is 10.8. The zero-order valence-electron chi connectivity index (χ0n) is 8.09. The Morgan fingerprint density at radius 3 is 2.33 bits per heavy atom. The lowest BCUT2D eigenvalue weighted by atomic mass is 10.3. The molecule has 1 unspecified atom stereocenters. The van der Waals surface area contributed by atoms with E-state index in [0.29, 0.717) is 5.75 Å². The fourth-order valence-electron chi connectivity index (χ4n) is 0.401. The number of hydrogen-bond acceptors (Lipinski definition) is 4. The van der Waals surface area contributed by atoms with E-state index in [0.717, 1.165) is 0 Å². The highest BCUT2D eigenvalue weighted by Crippen LogP contribution is 2.34. The predicted octanol–water partition coefficient (Wildman–Crippen LogP) is 2.08. The molecule has 2 N–H and O–H groups in total. The van der Waals surface area contributed by atoms with Gasteiger partial charge >= 0.3 is 0 Å². The molecule has 0 bridgehead atoms. The Kier molecular flexibility index (Phi) is 5.29. The van der Waals surface area contributed by atoms with Crippen LogP contribution in [0.5, 0.6) is 0 Å². The second-order valence-electron chi connectivity index (χ2n) is 3.70. The van der Waals surface area contributed by atoms with Crippen molar-refractivity contribution in [3.63, 3.8) is 0 Å². The molecule has 72 valence electrons. The predicted molar refractivity (Wildman–Crippen MR) is 58.5 cm³/mol. The maximum atomic E-state index is 10.8. The second kappa shape index (κ2) is 5.14. The van der Waals surface area contributed by atoms with Crippen LogP contribution < -0.4 is 5.73 Å². The van der Waals surface area contributed by atoms with E-state index in [1.807, 2.05) is 0 Å². The van der Waals surface area contributed by atoms with Gasteiger partial charge in [0.15, 0.2) is 0 Å². The third kappa shape index (κ3) is 7.00. The molecule has 0 amide bonds. The summed E-state index contributed by atoms with van der Waals surface area (Å²) in [7, 11) is 3.43. The Labute approximate surface area is 82.4 Å². The molecule has 0 saturated carbocycles. The van der Waals surface area contributed by atoms with Crippen LogP contribution in [0.2, 0.25) is 0 Å². The Hall–Kier alpha value is 0.330. The van der Waals surface area contributed by atoms with Crippen molar-refractivity contribution >= 4 is 27.4 Å². The summed E-state index contributed by atoms with van der Waals surface area (Å²) in [6.45, 7) is 7.96. The van der Waals surface area contributed by atoms with Crippen molar-refractivity contribution in [2.45, 2.75) is 38.5 Å². The van der Waals surface area contributed by atoms with E-state index in [2.05, 4.69) is 20.8 Å². The number of rotatable bonds is 4. The number of Topliss-reactive ketones (excluding diaryl/α,β-unsaturated/α-hetero) is 1. The van der Waals surface area contributed by atoms with Gasteiger partial charge in [0, 0.05) is 10.5 Å². The van der Waals surface area contributed by atoms with E-state index in [9.17, 15) is 4.79 Å². The van der Waals surface area contributed by atoms with Gasteiger partial charge in [-0.05, 0) is 6.92 Å². The van der Waals surface area contributed by atoms with Gasteiger partial charge in [0.1, 0.15) is 5.78 Å². The summed E-state index contributed by atoms with van der Waals surface area (Å²) >= 11 is 0. The molecule has 0 spiro atoms. The maximum absolute atomic E-state index is 10.8. The fourth-order valence-corrected chi connectivity index (χ4v) is 2.91. The minimum absolute atomic E-state index is 0.0667. The first-order chi connectivity index (χ1) is 5.33. The number of ketones is 1. The molecule has 0 aromatic rings. The van der Waals surface area contributed by atoms with Crippen molar-refractivity contribution in [1.82, 2.24) is 0 Å². The molecule has 0 aliphatic heterocycles. The summed E-state index contributed by atoms with van der Waals surface area (Å²) in [5, 5.41) is 0. The molecule has 4 heteroatoms. The molecule has 0 aliphatic carbocycles. The van der Waals surface area contributed by atoms with Gasteiger partial charge < -0.3 is 5.73 Å². The zero-order valence-corrected chi connectivity index (χ0v) is 9.72. The number of carbonyl (C=O) groups excluding carboxylic acids is 1. The van der Waals surface area contributed by atoms with Crippen molar-refractivity contribution < 1.29 is 4.79 Å². The lowest BCUT2D eigenvalue weighted by molar-refractivity contribution is -0.117. The molecule has 12 heavy (non-hydrogen) atoms. The van der Waals surface area contributed by atoms with Crippen LogP contribution in [0.3, 0.4) is 0 Å². The number of hydrogen-bond donors (Lipinski definition) is 1. The Morgan fingerprint density at radius 2 is 2.00 bits per heavy atom. The van der Waals surface area contributed by atoms with Crippen molar-refractivity contribution in [3.05, 3.63) is 0 Å². The zero-order chi connectivity index (χ0) is 9.78. The largest absolute Gasteiger partial charge is 0.321 e. The summed E-state index contributed by atoms with van der Waals surface area (Å²) in [6, 6.07) is -0.301. The second-order valence-corrected chi connectivity index (χ2v) is 6.86. The first-order valence-electron chi connectivity index (χ1n) is 3.89. The van der Waals surface area contributed by atoms with Gasteiger partial charge in [0.2, 0.25) is 0 Å². The summed E-state index contributed by atoms with van der Waals surface area (Å²) < 4.78 is 0.237. The normalized spacial score (nSPS) is 14.4. The van der Waals surface area contributed by atoms with Gasteiger partial charge in [-0.1, -0.05) is 42.4 Å². The molecule has 1 atom stereocenters. The SMILES string of the molecule is CC(=O)C(N)CSSC(C)(C)C. The van der Waals surface area contributed by atoms with Crippen LogP contribution in [-0.2, 0) is 4.79 Å². The molecular weight excluding hydrogens is 190 g/mol. The molecule has 0 heterocycles. The molecule has 0 radical (unpaired) electrons. The highest BCUT2D eigenvalue weighted by Gasteiger charge is 2.13. The molecule has 0 fully saturated rings. The van der Waals surface area contributed by atoms with Crippen LogP contribution in [0.1, 0.15) is 27.7 Å². The summed E-state index contributed by atoms with van der Waals surface area (Å²) in [5.74, 6) is 0.772. The van der Waals surface area contributed by atoms with Crippen LogP contribution in [0, 0.1) is 0 Å². The van der Waals surface area contributed by atoms with Gasteiger partial charge in [0.05, 0.1) is 6.04 Å². The smallest absolute Gasteiger partial charge is 0.147 e. The Bertz CT molecular complexity index is 154. The van der Waals surface area contributed by atoms with Gasteiger partial charge in [0.25, 0.3) is 0 Å². The van der Waals surface area contributed by atoms with Crippen molar-refractivity contribution in [2.24, 2.45) is 5.73 Å². The van der Waals surface area contributed by atoms with E-state index >= 15 is 0 Å². The molecule has 0 aromatic heterocycles. The highest BCUT2D eigenvalue weighted by molar-refractivity contribution is 8.77. The standard InChI is InChI=1S/C8H17NOS2/c1-6(10)7(9)5-11-12-8(2,3)4/h7H,5,9H2,1-4H3. The van der Waals surface area contributed by atoms with Crippen molar-refractivity contribution in [2.75, 3.05) is 5.75 Å². The van der Waals surface area contributed by atoms with Crippen LogP contribution in [0.15, 0.2) is 0 Å². The van der Waals surface area contributed by atoms with Crippen LogP contribution >= 0.6 is 21.6 Å². The van der Waals surface area contributed by atoms with Crippen LogP contribution in [0.25, 0.3) is 0 Å². The van der Waals surface area contributed by atoms with E-state index < -0.39 is 0 Å². The summed E-state index contributed by atoms with van der Waals surface area (Å²) in [5.41, 5.74) is 5.56. The first-order valence-corrected chi connectivity index (χ1v) is 6.21. The molecule has 0 rings (SSSR count). The Balaban J connectivity index is 3.51. The number of nitrogens with two attached hydrogens (primary N) is 1. The van der Waals surface area contributed by atoms with Crippen LogP contribution in [0.4, 0.5) is 0 Å². The molecular formula is C8H17NOS2. The van der Waals surface area contributed by atoms with Crippen molar-refractivity contribution in [1.29, 1.82) is 0 Å². The third-order valence-corrected chi connectivity index (χ3v) is 4.45. The van der Waals surface area contributed by atoms with E-state index in [-0.39, 0.29) is 16.6 Å². The molecule has 0 aliphatic rings. The lowest BCUT2D eigenvalue weighted by Crippen LogP contribution is -2.30. The average molecular weight is 207 g/mol. The minimum Gasteiger partial charge on any atom is -0.321 e. The topological polar surface area (TPSA) is 43.1 Å². The average Bonchev–Trinajstić information content (AvgIpc) is 1.84. The first kappa shape index (κ1) is 12.3. The molecule has 2 nitrogen and oxygen atoms in total. The Morgan fingerprint density at radius 1 is 1.50 bits per heavy atom. The highest BCUT2D eigenvalue weighted by atomic mass is 33.1. The quantitative estimate of drug-likeness (QED) is 0.717. The van der Waals surface area contributed by atoms with Gasteiger partial charge in [-0.25, -0.2) is 0 Å². The fraction of sp³-hybridized carbons (Fsp3) is 0.875. The van der Waals surface area contributed by atoms with E-state index in [4.69, 9.17) is 5.73 Å². The van der Waals surface area contributed by atoms with Crippen LogP contribution in [-0.4, -0.2) is 22.3 Å². The number of carbonyl (C=O) groups is 1. The van der Waals surface area contributed by atoms with Gasteiger partial charge in [-0.15, -0.1) is 0 Å². The third-order valence-electron chi connectivity index (χ3n) is 1.08. The van der Waals surface area contributed by atoms with Crippen molar-refractivity contribution in [3.8, 4) is 0 Å². The monoisotopic (exact) mass is 207 g/mol. The molecule has 0 saturated heterocycles. The summed E-state index contributed by atoms with van der Waals surface area (Å²) in [6.07, 6.45) is 0. The lowest BCUT2D eigenvalue weighted by Gasteiger charge is -2.17. The molecule has 0 aromatic carbocycles. The minimum atomic E-state index is -0.301. The van der Waals surface area contributed by atoms with Gasteiger partial charge in [-0.2, -0.15) is 0 Å².